The highest BCUT2D eigenvalue weighted by molar-refractivity contribution is 6.07. The second-order valence-electron chi connectivity index (χ2n) is 4.27. The molecule has 0 atom stereocenters. The van der Waals surface area contributed by atoms with Crippen molar-refractivity contribution in [3.8, 4) is 0 Å². The topological polar surface area (TPSA) is 72.3 Å². The summed E-state index contributed by atoms with van der Waals surface area (Å²) in [4.78, 5) is 14.2. The Morgan fingerprint density at radius 1 is 1.05 bits per heavy atom. The van der Waals surface area contributed by atoms with Gasteiger partial charge in [0.25, 0.3) is 5.91 Å². The lowest BCUT2D eigenvalue weighted by molar-refractivity contribution is 0.0988. The Bertz CT molecular complexity index is 561. The lowest BCUT2D eigenvalue weighted by Gasteiger charge is -2.21. The molecule has 0 saturated carbocycles. The number of nitrogen functional groups attached to an aromatic ring is 2. The minimum Gasteiger partial charge on any atom is -0.399 e. The number of hydrogen-bond acceptors (Lipinski definition) is 3. The summed E-state index contributed by atoms with van der Waals surface area (Å²) < 4.78 is 0. The minimum atomic E-state index is -0.104. The van der Waals surface area contributed by atoms with Crippen LogP contribution < -0.4 is 16.4 Å². The van der Waals surface area contributed by atoms with Gasteiger partial charge < -0.3 is 16.4 Å². The molecule has 0 saturated heterocycles. The van der Waals surface area contributed by atoms with E-state index in [-0.39, 0.29) is 5.91 Å². The molecule has 4 N–H and O–H groups in total. The van der Waals surface area contributed by atoms with Crippen LogP contribution in [0.2, 0.25) is 0 Å². The van der Waals surface area contributed by atoms with Crippen LogP contribution in [-0.4, -0.2) is 12.5 Å². The van der Waals surface area contributed by atoms with Crippen molar-refractivity contribution in [3.05, 3.63) is 54.1 Å². The van der Waals surface area contributed by atoms with E-state index < -0.39 is 0 Å². The first-order valence-electron chi connectivity index (χ1n) is 6.14. The van der Waals surface area contributed by atoms with Crippen LogP contribution in [-0.2, 0) is 0 Å². The molecule has 4 nitrogen and oxygen atoms in total. The molecule has 0 aromatic heterocycles. The molecule has 2 aromatic rings. The zero-order chi connectivity index (χ0) is 13.8. The maximum absolute atomic E-state index is 12.5. The average molecular weight is 255 g/mol. The van der Waals surface area contributed by atoms with E-state index in [1.165, 1.54) is 0 Å². The lowest BCUT2D eigenvalue weighted by atomic mass is 10.1. The van der Waals surface area contributed by atoms with E-state index in [0.717, 1.165) is 5.69 Å². The van der Waals surface area contributed by atoms with Crippen LogP contribution in [0.25, 0.3) is 0 Å². The highest BCUT2D eigenvalue weighted by atomic mass is 16.2. The predicted molar refractivity (Wildman–Crippen MR) is 79.1 cm³/mol. The Balaban J connectivity index is 2.36. The van der Waals surface area contributed by atoms with E-state index >= 15 is 0 Å². The van der Waals surface area contributed by atoms with Gasteiger partial charge in [0.05, 0.1) is 0 Å². The second-order valence-corrected chi connectivity index (χ2v) is 4.27. The van der Waals surface area contributed by atoms with Crippen molar-refractivity contribution < 1.29 is 4.79 Å². The van der Waals surface area contributed by atoms with Crippen molar-refractivity contribution in [2.24, 2.45) is 0 Å². The molecule has 0 heterocycles. The van der Waals surface area contributed by atoms with Crippen LogP contribution in [0.3, 0.4) is 0 Å². The quantitative estimate of drug-likeness (QED) is 0.828. The van der Waals surface area contributed by atoms with Gasteiger partial charge in [0.1, 0.15) is 0 Å². The Hall–Kier alpha value is -2.49. The van der Waals surface area contributed by atoms with Gasteiger partial charge in [-0.1, -0.05) is 18.2 Å². The largest absolute Gasteiger partial charge is 0.399 e. The summed E-state index contributed by atoms with van der Waals surface area (Å²) in [6.45, 7) is 2.51. The molecular formula is C15H17N3O. The number of nitrogens with zero attached hydrogens (tertiary/aromatic N) is 1. The van der Waals surface area contributed by atoms with Gasteiger partial charge in [0.15, 0.2) is 0 Å². The fourth-order valence-corrected chi connectivity index (χ4v) is 2.01. The van der Waals surface area contributed by atoms with Crippen molar-refractivity contribution in [3.63, 3.8) is 0 Å². The number of hydrogen-bond donors (Lipinski definition) is 2. The summed E-state index contributed by atoms with van der Waals surface area (Å²) in [6.07, 6.45) is 0. The van der Waals surface area contributed by atoms with E-state index in [1.54, 1.807) is 23.1 Å². The molecule has 2 aromatic carbocycles. The highest BCUT2D eigenvalue weighted by Crippen LogP contribution is 2.20. The Morgan fingerprint density at radius 3 is 2.16 bits per heavy atom. The fraction of sp³-hybridized carbons (Fsp3) is 0.133. The monoisotopic (exact) mass is 255 g/mol. The molecule has 2 rings (SSSR count). The third kappa shape index (κ3) is 2.85. The number of carbonyl (C=O) groups is 1. The molecule has 0 fully saturated rings. The molecule has 98 valence electrons. The number of para-hydroxylation sites is 1. The van der Waals surface area contributed by atoms with E-state index in [4.69, 9.17) is 11.5 Å². The average Bonchev–Trinajstić information content (AvgIpc) is 2.39. The van der Waals surface area contributed by atoms with Crippen molar-refractivity contribution in [1.82, 2.24) is 0 Å². The van der Waals surface area contributed by atoms with Gasteiger partial charge >= 0.3 is 0 Å². The van der Waals surface area contributed by atoms with E-state index in [1.807, 2.05) is 37.3 Å². The fourth-order valence-electron chi connectivity index (χ4n) is 2.01. The zero-order valence-corrected chi connectivity index (χ0v) is 10.8. The van der Waals surface area contributed by atoms with Gasteiger partial charge in [0.2, 0.25) is 0 Å². The van der Waals surface area contributed by atoms with Crippen LogP contribution in [0.5, 0.6) is 0 Å². The minimum absolute atomic E-state index is 0.104. The molecule has 0 aliphatic heterocycles. The summed E-state index contributed by atoms with van der Waals surface area (Å²) in [6, 6.07) is 14.4. The summed E-state index contributed by atoms with van der Waals surface area (Å²) in [5, 5.41) is 0. The highest BCUT2D eigenvalue weighted by Gasteiger charge is 2.16. The first kappa shape index (κ1) is 13.0. The normalized spacial score (nSPS) is 10.2. The summed E-state index contributed by atoms with van der Waals surface area (Å²) in [7, 11) is 0. The van der Waals surface area contributed by atoms with Gasteiger partial charge in [-0.2, -0.15) is 0 Å². The summed E-state index contributed by atoms with van der Waals surface area (Å²) in [5.41, 5.74) is 13.8. The van der Waals surface area contributed by atoms with Crippen LogP contribution in [0, 0.1) is 0 Å². The summed E-state index contributed by atoms with van der Waals surface area (Å²) >= 11 is 0. The van der Waals surface area contributed by atoms with Crippen LogP contribution in [0.15, 0.2) is 48.5 Å². The Kier molecular flexibility index (Phi) is 3.71. The third-order valence-electron chi connectivity index (χ3n) is 2.85. The van der Waals surface area contributed by atoms with Gasteiger partial charge in [-0.05, 0) is 37.3 Å². The van der Waals surface area contributed by atoms with Crippen LogP contribution in [0.4, 0.5) is 17.1 Å². The maximum Gasteiger partial charge on any atom is 0.258 e. The number of amides is 1. The molecule has 19 heavy (non-hydrogen) atoms. The molecule has 0 spiro atoms. The molecule has 0 aliphatic rings. The summed E-state index contributed by atoms with van der Waals surface area (Å²) in [5.74, 6) is -0.104. The first-order chi connectivity index (χ1) is 9.11. The van der Waals surface area contributed by atoms with Gasteiger partial charge in [0, 0.05) is 29.2 Å². The van der Waals surface area contributed by atoms with Gasteiger partial charge in [-0.15, -0.1) is 0 Å². The van der Waals surface area contributed by atoms with E-state index in [0.29, 0.717) is 23.5 Å². The third-order valence-corrected chi connectivity index (χ3v) is 2.85. The SMILES string of the molecule is CCN(C(=O)c1cc(N)cc(N)c1)c1ccccc1. The number of benzene rings is 2. The van der Waals surface area contributed by atoms with Crippen molar-refractivity contribution in [2.45, 2.75) is 6.92 Å². The number of nitrogens with two attached hydrogens (primary N) is 2. The molecular weight excluding hydrogens is 238 g/mol. The number of anilines is 3. The van der Waals surface area contributed by atoms with Crippen molar-refractivity contribution in [2.75, 3.05) is 22.9 Å². The molecule has 0 aliphatic carbocycles. The van der Waals surface area contributed by atoms with Gasteiger partial charge in [-0.25, -0.2) is 0 Å². The van der Waals surface area contributed by atoms with Crippen molar-refractivity contribution >= 4 is 23.0 Å². The molecule has 0 unspecified atom stereocenters. The number of carbonyl (C=O) groups excluding carboxylic acids is 1. The van der Waals surface area contributed by atoms with E-state index in [2.05, 4.69) is 0 Å². The Labute approximate surface area is 112 Å². The molecule has 0 bridgehead atoms. The molecule has 0 radical (unpaired) electrons. The van der Waals surface area contributed by atoms with E-state index in [9.17, 15) is 4.79 Å². The van der Waals surface area contributed by atoms with Crippen LogP contribution in [0.1, 0.15) is 17.3 Å². The van der Waals surface area contributed by atoms with Gasteiger partial charge in [-0.3, -0.25) is 4.79 Å². The number of rotatable bonds is 3. The predicted octanol–water partition coefficient (Wildman–Crippen LogP) is 2.52. The molecule has 4 heteroatoms. The zero-order valence-electron chi connectivity index (χ0n) is 10.8. The second kappa shape index (κ2) is 5.44. The van der Waals surface area contributed by atoms with Crippen molar-refractivity contribution in [1.29, 1.82) is 0 Å². The standard InChI is InChI=1S/C15H17N3O/c1-2-18(14-6-4-3-5-7-14)15(19)11-8-12(16)10-13(17)9-11/h3-10H,2,16-17H2,1H3. The maximum atomic E-state index is 12.5. The smallest absolute Gasteiger partial charge is 0.258 e. The molecule has 1 amide bonds. The first-order valence-corrected chi connectivity index (χ1v) is 6.14. The lowest BCUT2D eigenvalue weighted by Crippen LogP contribution is -2.30. The Morgan fingerprint density at radius 2 is 1.63 bits per heavy atom. The van der Waals surface area contributed by atoms with Crippen LogP contribution >= 0.6 is 0 Å².